The standard InChI is InChI=1S/C17H22N2O4/c1-5-8-18-16(20)11(3)19-17(21)15-10(2)13-9-12(22-4)6-7-14(13)23-15/h6-7,9,11H,5,8H2,1-4H3,(H,18,20)(H,19,21)/t11-/m1/s1. The zero-order chi connectivity index (χ0) is 17.0. The van der Waals surface area contributed by atoms with Gasteiger partial charge in [0.05, 0.1) is 7.11 Å². The van der Waals surface area contributed by atoms with Gasteiger partial charge in [-0.05, 0) is 38.5 Å². The summed E-state index contributed by atoms with van der Waals surface area (Å²) >= 11 is 0. The van der Waals surface area contributed by atoms with Crippen LogP contribution >= 0.6 is 0 Å². The molecule has 2 rings (SSSR count). The number of benzene rings is 1. The number of methoxy groups -OCH3 is 1. The average Bonchev–Trinajstić information content (AvgIpc) is 2.88. The first-order chi connectivity index (χ1) is 11.0. The Morgan fingerprint density at radius 3 is 2.74 bits per heavy atom. The van der Waals surface area contributed by atoms with Gasteiger partial charge in [0.1, 0.15) is 17.4 Å². The van der Waals surface area contributed by atoms with E-state index >= 15 is 0 Å². The molecule has 0 saturated carbocycles. The molecule has 1 aromatic heterocycles. The topological polar surface area (TPSA) is 80.6 Å². The Labute approximate surface area is 135 Å². The second-order valence-corrected chi connectivity index (χ2v) is 5.40. The molecule has 0 spiro atoms. The molecular formula is C17H22N2O4. The highest BCUT2D eigenvalue weighted by molar-refractivity contribution is 6.01. The van der Waals surface area contributed by atoms with E-state index in [1.807, 2.05) is 19.9 Å². The molecule has 124 valence electrons. The summed E-state index contributed by atoms with van der Waals surface area (Å²) in [6, 6.07) is 4.72. The number of nitrogens with one attached hydrogen (secondary N) is 2. The van der Waals surface area contributed by atoms with Crippen molar-refractivity contribution in [3.8, 4) is 5.75 Å². The van der Waals surface area contributed by atoms with Crippen LogP contribution in [0.3, 0.4) is 0 Å². The van der Waals surface area contributed by atoms with E-state index in [1.54, 1.807) is 26.2 Å². The van der Waals surface area contributed by atoms with Crippen molar-refractivity contribution in [2.45, 2.75) is 33.2 Å². The van der Waals surface area contributed by atoms with Crippen LogP contribution in [0.5, 0.6) is 5.75 Å². The van der Waals surface area contributed by atoms with E-state index in [-0.39, 0.29) is 11.7 Å². The maximum absolute atomic E-state index is 12.4. The molecule has 23 heavy (non-hydrogen) atoms. The van der Waals surface area contributed by atoms with E-state index < -0.39 is 11.9 Å². The highest BCUT2D eigenvalue weighted by Crippen LogP contribution is 2.28. The third-order valence-electron chi connectivity index (χ3n) is 3.64. The van der Waals surface area contributed by atoms with Crippen LogP contribution in [0.25, 0.3) is 11.0 Å². The molecule has 2 amide bonds. The lowest BCUT2D eigenvalue weighted by Crippen LogP contribution is -2.45. The molecule has 0 unspecified atom stereocenters. The normalized spacial score (nSPS) is 12.0. The molecule has 0 aliphatic carbocycles. The van der Waals surface area contributed by atoms with E-state index in [9.17, 15) is 9.59 Å². The predicted molar refractivity (Wildman–Crippen MR) is 87.7 cm³/mol. The number of ether oxygens (including phenoxy) is 1. The van der Waals surface area contributed by atoms with Crippen LogP contribution in [0.4, 0.5) is 0 Å². The number of hydrogen-bond donors (Lipinski definition) is 2. The zero-order valence-corrected chi connectivity index (χ0v) is 13.9. The first-order valence-corrected chi connectivity index (χ1v) is 7.63. The van der Waals surface area contributed by atoms with E-state index in [4.69, 9.17) is 9.15 Å². The maximum Gasteiger partial charge on any atom is 0.287 e. The molecule has 0 aliphatic heterocycles. The van der Waals surface area contributed by atoms with Crippen molar-refractivity contribution in [3.05, 3.63) is 29.5 Å². The number of carbonyl (C=O) groups excluding carboxylic acids is 2. The highest BCUT2D eigenvalue weighted by atomic mass is 16.5. The van der Waals surface area contributed by atoms with Crippen LogP contribution in [0.1, 0.15) is 36.4 Å². The second-order valence-electron chi connectivity index (χ2n) is 5.40. The van der Waals surface area contributed by atoms with Crippen LogP contribution in [0.15, 0.2) is 22.6 Å². The van der Waals surface area contributed by atoms with Crippen molar-refractivity contribution in [2.75, 3.05) is 13.7 Å². The first kappa shape index (κ1) is 16.9. The summed E-state index contributed by atoms with van der Waals surface area (Å²) in [5.74, 6) is 0.288. The van der Waals surface area contributed by atoms with Crippen molar-refractivity contribution in [1.29, 1.82) is 0 Å². The van der Waals surface area contributed by atoms with Gasteiger partial charge in [-0.2, -0.15) is 0 Å². The smallest absolute Gasteiger partial charge is 0.287 e. The van der Waals surface area contributed by atoms with Crippen molar-refractivity contribution in [2.24, 2.45) is 0 Å². The summed E-state index contributed by atoms with van der Waals surface area (Å²) in [6.07, 6.45) is 0.844. The molecule has 6 heteroatoms. The molecule has 0 radical (unpaired) electrons. The van der Waals surface area contributed by atoms with E-state index in [1.165, 1.54) is 0 Å². The molecule has 1 aromatic carbocycles. The Balaban J connectivity index is 2.18. The van der Waals surface area contributed by atoms with Crippen LogP contribution < -0.4 is 15.4 Å². The Bertz CT molecular complexity index is 721. The number of amides is 2. The van der Waals surface area contributed by atoms with Crippen molar-refractivity contribution < 1.29 is 18.7 Å². The Kier molecular flexibility index (Phi) is 5.26. The third kappa shape index (κ3) is 3.64. The Morgan fingerprint density at radius 1 is 1.35 bits per heavy atom. The SMILES string of the molecule is CCCNC(=O)[C@@H](C)NC(=O)c1oc2ccc(OC)cc2c1C. The van der Waals surface area contributed by atoms with Crippen LogP contribution in [0.2, 0.25) is 0 Å². The van der Waals surface area contributed by atoms with Gasteiger partial charge in [-0.1, -0.05) is 6.92 Å². The largest absolute Gasteiger partial charge is 0.497 e. The summed E-state index contributed by atoms with van der Waals surface area (Å²) < 4.78 is 10.8. The van der Waals surface area contributed by atoms with Gasteiger partial charge in [0.25, 0.3) is 5.91 Å². The van der Waals surface area contributed by atoms with Crippen LogP contribution in [0, 0.1) is 6.92 Å². The summed E-state index contributed by atoms with van der Waals surface area (Å²) in [6.45, 7) is 6.00. The van der Waals surface area contributed by atoms with E-state index in [2.05, 4.69) is 10.6 Å². The first-order valence-electron chi connectivity index (χ1n) is 7.63. The van der Waals surface area contributed by atoms with Gasteiger partial charge in [0, 0.05) is 17.5 Å². The summed E-state index contributed by atoms with van der Waals surface area (Å²) in [4.78, 5) is 24.2. The molecular weight excluding hydrogens is 296 g/mol. The van der Waals surface area contributed by atoms with Gasteiger partial charge in [-0.3, -0.25) is 9.59 Å². The minimum absolute atomic E-state index is 0.211. The lowest BCUT2D eigenvalue weighted by atomic mass is 10.1. The fourth-order valence-electron chi connectivity index (χ4n) is 2.27. The molecule has 1 atom stereocenters. The van der Waals surface area contributed by atoms with Crippen LogP contribution in [-0.2, 0) is 4.79 Å². The van der Waals surface area contributed by atoms with Crippen LogP contribution in [-0.4, -0.2) is 31.5 Å². The number of rotatable bonds is 6. The summed E-state index contributed by atoms with van der Waals surface area (Å²) in [5.41, 5.74) is 1.33. The monoisotopic (exact) mass is 318 g/mol. The zero-order valence-electron chi connectivity index (χ0n) is 13.9. The van der Waals surface area contributed by atoms with Gasteiger partial charge in [-0.25, -0.2) is 0 Å². The Morgan fingerprint density at radius 2 is 2.09 bits per heavy atom. The molecule has 2 aromatic rings. The number of aryl methyl sites for hydroxylation is 1. The molecule has 0 fully saturated rings. The summed E-state index contributed by atoms with van der Waals surface area (Å²) in [7, 11) is 1.58. The van der Waals surface area contributed by atoms with Crippen molar-refractivity contribution in [3.63, 3.8) is 0 Å². The van der Waals surface area contributed by atoms with Crippen molar-refractivity contribution >= 4 is 22.8 Å². The fourth-order valence-corrected chi connectivity index (χ4v) is 2.27. The van der Waals surface area contributed by atoms with E-state index in [0.717, 1.165) is 17.4 Å². The number of fused-ring (bicyclic) bond motifs is 1. The molecule has 1 heterocycles. The van der Waals surface area contributed by atoms with Gasteiger partial charge in [0.2, 0.25) is 5.91 Å². The van der Waals surface area contributed by atoms with E-state index in [0.29, 0.717) is 17.9 Å². The minimum Gasteiger partial charge on any atom is -0.497 e. The van der Waals surface area contributed by atoms with Gasteiger partial charge >= 0.3 is 0 Å². The average molecular weight is 318 g/mol. The van der Waals surface area contributed by atoms with Gasteiger partial charge in [0.15, 0.2) is 5.76 Å². The Hall–Kier alpha value is -2.50. The third-order valence-corrected chi connectivity index (χ3v) is 3.64. The van der Waals surface area contributed by atoms with Gasteiger partial charge < -0.3 is 19.8 Å². The fraction of sp³-hybridized carbons (Fsp3) is 0.412. The molecule has 6 nitrogen and oxygen atoms in total. The highest BCUT2D eigenvalue weighted by Gasteiger charge is 2.22. The predicted octanol–water partition coefficient (Wildman–Crippen LogP) is 2.39. The summed E-state index contributed by atoms with van der Waals surface area (Å²) in [5, 5.41) is 6.22. The molecule has 0 saturated heterocycles. The lowest BCUT2D eigenvalue weighted by molar-refractivity contribution is -0.122. The quantitative estimate of drug-likeness (QED) is 0.857. The maximum atomic E-state index is 12.4. The molecule has 2 N–H and O–H groups in total. The lowest BCUT2D eigenvalue weighted by Gasteiger charge is -2.13. The van der Waals surface area contributed by atoms with Crippen molar-refractivity contribution in [1.82, 2.24) is 10.6 Å². The number of furan rings is 1. The minimum atomic E-state index is -0.629. The number of hydrogen-bond acceptors (Lipinski definition) is 4. The van der Waals surface area contributed by atoms with Gasteiger partial charge in [-0.15, -0.1) is 0 Å². The number of carbonyl (C=O) groups is 2. The molecule has 0 aliphatic rings. The molecule has 0 bridgehead atoms. The second kappa shape index (κ2) is 7.17.